The van der Waals surface area contributed by atoms with Gasteiger partial charge < -0.3 is 5.32 Å². The minimum absolute atomic E-state index is 0.0675. The normalized spacial score (nSPS) is 12.7. The standard InChI is InChI=1S/C13H15F2N3/c1-9(10-3-4-12(14)13(15)7-10)16-8-11-5-6-18(2)17-11/h3-7,9,16H,8H2,1-2H3. The van der Waals surface area contributed by atoms with E-state index in [1.54, 1.807) is 10.7 Å². The fraction of sp³-hybridized carbons (Fsp3) is 0.308. The van der Waals surface area contributed by atoms with Gasteiger partial charge in [0.1, 0.15) is 0 Å². The number of hydrogen-bond acceptors (Lipinski definition) is 2. The van der Waals surface area contributed by atoms with Gasteiger partial charge in [0.05, 0.1) is 5.69 Å². The van der Waals surface area contributed by atoms with E-state index in [4.69, 9.17) is 0 Å². The SMILES string of the molecule is CC(NCc1ccn(C)n1)c1ccc(F)c(F)c1. The van der Waals surface area contributed by atoms with Crippen molar-refractivity contribution in [2.75, 3.05) is 0 Å². The third-order valence-corrected chi connectivity index (χ3v) is 2.80. The number of benzene rings is 1. The molecule has 5 heteroatoms. The highest BCUT2D eigenvalue weighted by atomic mass is 19.2. The van der Waals surface area contributed by atoms with Crippen LogP contribution in [-0.4, -0.2) is 9.78 Å². The molecule has 1 heterocycles. The Balaban J connectivity index is 1.99. The summed E-state index contributed by atoms with van der Waals surface area (Å²) in [5.74, 6) is -1.64. The summed E-state index contributed by atoms with van der Waals surface area (Å²) in [6, 6.07) is 5.77. The summed E-state index contributed by atoms with van der Waals surface area (Å²) < 4.78 is 27.6. The first kappa shape index (κ1) is 12.7. The number of aryl methyl sites for hydroxylation is 1. The van der Waals surface area contributed by atoms with Crippen molar-refractivity contribution in [1.29, 1.82) is 0 Å². The number of rotatable bonds is 4. The van der Waals surface area contributed by atoms with Gasteiger partial charge in [-0.3, -0.25) is 4.68 Å². The zero-order chi connectivity index (χ0) is 13.1. The van der Waals surface area contributed by atoms with Gasteiger partial charge in [0, 0.05) is 25.8 Å². The van der Waals surface area contributed by atoms with Crippen LogP contribution < -0.4 is 5.32 Å². The van der Waals surface area contributed by atoms with Gasteiger partial charge in [-0.1, -0.05) is 6.07 Å². The van der Waals surface area contributed by atoms with Gasteiger partial charge >= 0.3 is 0 Å². The summed E-state index contributed by atoms with van der Waals surface area (Å²) in [5.41, 5.74) is 1.62. The van der Waals surface area contributed by atoms with Crippen molar-refractivity contribution in [3.05, 3.63) is 53.4 Å². The lowest BCUT2D eigenvalue weighted by atomic mass is 10.1. The van der Waals surface area contributed by atoms with E-state index >= 15 is 0 Å². The van der Waals surface area contributed by atoms with Crippen LogP contribution in [0.2, 0.25) is 0 Å². The predicted molar refractivity (Wildman–Crippen MR) is 64.8 cm³/mol. The Morgan fingerprint density at radius 1 is 1.28 bits per heavy atom. The third kappa shape index (κ3) is 2.92. The minimum Gasteiger partial charge on any atom is -0.304 e. The smallest absolute Gasteiger partial charge is 0.159 e. The lowest BCUT2D eigenvalue weighted by molar-refractivity contribution is 0.500. The molecule has 1 N–H and O–H groups in total. The molecule has 3 nitrogen and oxygen atoms in total. The Hall–Kier alpha value is -1.75. The highest BCUT2D eigenvalue weighted by molar-refractivity contribution is 5.20. The fourth-order valence-electron chi connectivity index (χ4n) is 1.71. The molecule has 18 heavy (non-hydrogen) atoms. The maximum absolute atomic E-state index is 13.1. The van der Waals surface area contributed by atoms with E-state index in [0.717, 1.165) is 11.8 Å². The van der Waals surface area contributed by atoms with Crippen LogP contribution in [0.1, 0.15) is 24.2 Å². The molecule has 0 amide bonds. The Bertz CT molecular complexity index is 537. The topological polar surface area (TPSA) is 29.9 Å². The summed E-state index contributed by atoms with van der Waals surface area (Å²) in [5, 5.41) is 7.44. The summed E-state index contributed by atoms with van der Waals surface area (Å²) in [6.07, 6.45) is 1.86. The summed E-state index contributed by atoms with van der Waals surface area (Å²) >= 11 is 0. The second-order valence-electron chi connectivity index (χ2n) is 4.26. The highest BCUT2D eigenvalue weighted by Crippen LogP contribution is 2.16. The van der Waals surface area contributed by atoms with Crippen molar-refractivity contribution in [2.45, 2.75) is 19.5 Å². The second kappa shape index (κ2) is 5.27. The van der Waals surface area contributed by atoms with E-state index in [9.17, 15) is 8.78 Å². The number of aromatic nitrogens is 2. The molecule has 2 aromatic rings. The number of nitrogens with zero attached hydrogens (tertiary/aromatic N) is 2. The van der Waals surface area contributed by atoms with Crippen molar-refractivity contribution >= 4 is 0 Å². The molecule has 0 aliphatic rings. The van der Waals surface area contributed by atoms with Crippen molar-refractivity contribution in [2.24, 2.45) is 7.05 Å². The predicted octanol–water partition coefficient (Wildman–Crippen LogP) is 2.55. The second-order valence-corrected chi connectivity index (χ2v) is 4.26. The largest absolute Gasteiger partial charge is 0.304 e. The van der Waals surface area contributed by atoms with E-state index in [0.29, 0.717) is 12.1 Å². The third-order valence-electron chi connectivity index (χ3n) is 2.80. The molecule has 1 aromatic heterocycles. The maximum Gasteiger partial charge on any atom is 0.159 e. The molecule has 0 fully saturated rings. The zero-order valence-electron chi connectivity index (χ0n) is 10.3. The summed E-state index contributed by atoms with van der Waals surface area (Å²) in [7, 11) is 1.85. The molecule has 0 spiro atoms. The first-order valence-corrected chi connectivity index (χ1v) is 5.73. The van der Waals surface area contributed by atoms with Crippen molar-refractivity contribution in [1.82, 2.24) is 15.1 Å². The van der Waals surface area contributed by atoms with Crippen molar-refractivity contribution < 1.29 is 8.78 Å². The molecule has 0 aliphatic heterocycles. The van der Waals surface area contributed by atoms with Crippen molar-refractivity contribution in [3.63, 3.8) is 0 Å². The fourth-order valence-corrected chi connectivity index (χ4v) is 1.71. The molecule has 1 aromatic carbocycles. The molecule has 0 radical (unpaired) electrons. The zero-order valence-corrected chi connectivity index (χ0v) is 10.3. The van der Waals surface area contributed by atoms with Gasteiger partial charge in [0.15, 0.2) is 11.6 Å². The van der Waals surface area contributed by atoms with E-state index in [1.165, 1.54) is 6.07 Å². The molecule has 1 unspecified atom stereocenters. The van der Waals surface area contributed by atoms with Gasteiger partial charge in [-0.25, -0.2) is 8.78 Å². The molecule has 0 bridgehead atoms. The quantitative estimate of drug-likeness (QED) is 0.905. The van der Waals surface area contributed by atoms with Crippen molar-refractivity contribution in [3.8, 4) is 0 Å². The summed E-state index contributed by atoms with van der Waals surface area (Å²) in [4.78, 5) is 0. The Labute approximate surface area is 104 Å². The first-order valence-electron chi connectivity index (χ1n) is 5.73. The van der Waals surface area contributed by atoms with Crippen LogP contribution in [-0.2, 0) is 13.6 Å². The monoisotopic (exact) mass is 251 g/mol. The molecule has 0 saturated heterocycles. The Morgan fingerprint density at radius 3 is 2.67 bits per heavy atom. The highest BCUT2D eigenvalue weighted by Gasteiger charge is 2.09. The van der Waals surface area contributed by atoms with Crippen LogP contribution in [0.4, 0.5) is 8.78 Å². The molecule has 0 aliphatic carbocycles. The number of halogens is 2. The minimum atomic E-state index is -0.823. The van der Waals surface area contributed by atoms with Crippen LogP contribution in [0.3, 0.4) is 0 Å². The molecule has 2 rings (SSSR count). The van der Waals surface area contributed by atoms with E-state index in [-0.39, 0.29) is 6.04 Å². The maximum atomic E-state index is 13.1. The Morgan fingerprint density at radius 2 is 2.06 bits per heavy atom. The van der Waals surface area contributed by atoms with Gasteiger partial charge in [-0.15, -0.1) is 0 Å². The molecular weight excluding hydrogens is 236 g/mol. The average molecular weight is 251 g/mol. The van der Waals surface area contributed by atoms with Crippen LogP contribution in [0.5, 0.6) is 0 Å². The lowest BCUT2D eigenvalue weighted by Gasteiger charge is -2.13. The molecular formula is C13H15F2N3. The van der Waals surface area contributed by atoms with Gasteiger partial charge in [-0.05, 0) is 30.7 Å². The van der Waals surface area contributed by atoms with E-state index < -0.39 is 11.6 Å². The Kier molecular flexibility index (Phi) is 3.72. The van der Waals surface area contributed by atoms with E-state index in [1.807, 2.05) is 26.2 Å². The van der Waals surface area contributed by atoms with Crippen LogP contribution >= 0.6 is 0 Å². The number of hydrogen-bond donors (Lipinski definition) is 1. The van der Waals surface area contributed by atoms with Crippen LogP contribution in [0.25, 0.3) is 0 Å². The average Bonchev–Trinajstić information content (AvgIpc) is 2.75. The van der Waals surface area contributed by atoms with Gasteiger partial charge in [-0.2, -0.15) is 5.10 Å². The molecule has 1 atom stereocenters. The molecule has 0 saturated carbocycles. The van der Waals surface area contributed by atoms with Gasteiger partial charge in [0.25, 0.3) is 0 Å². The molecule has 96 valence electrons. The first-order chi connectivity index (χ1) is 8.56. The lowest BCUT2D eigenvalue weighted by Crippen LogP contribution is -2.18. The summed E-state index contributed by atoms with van der Waals surface area (Å²) in [6.45, 7) is 2.48. The van der Waals surface area contributed by atoms with E-state index in [2.05, 4.69) is 10.4 Å². The number of nitrogens with one attached hydrogen (secondary N) is 1. The van der Waals surface area contributed by atoms with Gasteiger partial charge in [0.2, 0.25) is 0 Å². The van der Waals surface area contributed by atoms with Crippen LogP contribution in [0, 0.1) is 11.6 Å². The van der Waals surface area contributed by atoms with Crippen LogP contribution in [0.15, 0.2) is 30.5 Å².